The van der Waals surface area contributed by atoms with Crippen LogP contribution in [0.3, 0.4) is 0 Å². The topological polar surface area (TPSA) is 62.5 Å². The Bertz CT molecular complexity index is 4000. The quantitative estimate of drug-likeness (QED) is 0.150. The number of rotatable bonds is 7. The first-order chi connectivity index (χ1) is 33.7. The summed E-state index contributed by atoms with van der Waals surface area (Å²) in [5, 5.41) is 18.1. The molecule has 1 aliphatic rings. The molecule has 4 heteroatoms. The molecule has 68 heavy (non-hydrogen) atoms. The highest BCUT2D eigenvalue weighted by molar-refractivity contribution is 6.19. The van der Waals surface area contributed by atoms with Crippen molar-refractivity contribution in [2.75, 3.05) is 0 Å². The van der Waals surface area contributed by atoms with Crippen LogP contribution in [0, 0.1) is 11.3 Å². The zero-order chi connectivity index (χ0) is 45.1. The number of hydrogen-bond donors (Lipinski definition) is 0. The van der Waals surface area contributed by atoms with E-state index in [4.69, 9.17) is 15.0 Å². The van der Waals surface area contributed by atoms with Gasteiger partial charge in [0.2, 0.25) is 0 Å². The van der Waals surface area contributed by atoms with Crippen LogP contribution < -0.4 is 0 Å². The van der Waals surface area contributed by atoms with Crippen molar-refractivity contribution in [1.29, 1.82) is 5.26 Å². The molecule has 1 aliphatic carbocycles. The Balaban J connectivity index is 0.899. The van der Waals surface area contributed by atoms with Crippen LogP contribution in [0.1, 0.15) is 5.56 Å². The van der Waals surface area contributed by atoms with E-state index in [1.165, 1.54) is 65.7 Å². The largest absolute Gasteiger partial charge is 0.208 e. The van der Waals surface area contributed by atoms with Crippen LogP contribution in [0.5, 0.6) is 0 Å². The van der Waals surface area contributed by atoms with Crippen molar-refractivity contribution < 1.29 is 0 Å². The van der Waals surface area contributed by atoms with Gasteiger partial charge in [-0.2, -0.15) is 5.26 Å². The van der Waals surface area contributed by atoms with E-state index in [-0.39, 0.29) is 0 Å². The third kappa shape index (κ3) is 6.48. The van der Waals surface area contributed by atoms with Gasteiger partial charge in [-0.3, -0.25) is 0 Å². The zero-order valence-corrected chi connectivity index (χ0v) is 36.7. The van der Waals surface area contributed by atoms with Gasteiger partial charge in [0.1, 0.15) is 0 Å². The molecule has 0 fully saturated rings. The third-order valence-electron chi connectivity index (χ3n) is 13.5. The molecule has 0 amide bonds. The Morgan fingerprint density at radius 1 is 0.279 bits per heavy atom. The van der Waals surface area contributed by atoms with Gasteiger partial charge in [0.25, 0.3) is 0 Å². The molecule has 1 heterocycles. The summed E-state index contributed by atoms with van der Waals surface area (Å²) < 4.78 is 0. The molecule has 4 nitrogen and oxygen atoms in total. The fourth-order valence-corrected chi connectivity index (χ4v) is 10.4. The molecule has 13 rings (SSSR count). The van der Waals surface area contributed by atoms with Gasteiger partial charge in [0.15, 0.2) is 17.5 Å². The van der Waals surface area contributed by atoms with Crippen molar-refractivity contribution in [1.82, 2.24) is 15.0 Å². The lowest BCUT2D eigenvalue weighted by molar-refractivity contribution is 1.07. The van der Waals surface area contributed by atoms with Gasteiger partial charge >= 0.3 is 0 Å². The molecule has 1 aromatic heterocycles. The van der Waals surface area contributed by atoms with Crippen LogP contribution in [0.2, 0.25) is 0 Å². The van der Waals surface area contributed by atoms with Crippen molar-refractivity contribution in [3.63, 3.8) is 0 Å². The Labute approximate surface area is 393 Å². The summed E-state index contributed by atoms with van der Waals surface area (Å²) in [7, 11) is 0. The van der Waals surface area contributed by atoms with Gasteiger partial charge in [-0.25, -0.2) is 15.0 Å². The Morgan fingerprint density at radius 2 is 0.765 bits per heavy atom. The fraction of sp³-hybridized carbons (Fsp3) is 0. The lowest BCUT2D eigenvalue weighted by Gasteiger charge is -2.16. The molecule has 0 atom stereocenters. The first-order valence-corrected chi connectivity index (χ1v) is 22.9. The summed E-state index contributed by atoms with van der Waals surface area (Å²) in [6.45, 7) is 0. The third-order valence-corrected chi connectivity index (χ3v) is 13.5. The SMILES string of the molecule is N#Cc1cccc(-c2cccc(-c3cc4ccccc4c4ccccc34)c2)c1-c1cccc(-c2nc(-c3ccccc3)nc(-c3ccc(-c4ccc5c6c(cccc46)-c4ccccc4-5)cc3)n2)c1. The van der Waals surface area contributed by atoms with Gasteiger partial charge in [-0.05, 0) is 118 Å². The number of nitrogens with zero attached hydrogens (tertiary/aromatic N) is 4. The lowest BCUT2D eigenvalue weighted by Crippen LogP contribution is -2.00. The minimum atomic E-state index is 0.549. The summed E-state index contributed by atoms with van der Waals surface area (Å²) in [6, 6.07) is 83.4. The molecule has 0 N–H and O–H groups in total. The highest BCUT2D eigenvalue weighted by Gasteiger charge is 2.23. The van der Waals surface area contributed by atoms with Crippen molar-refractivity contribution in [2.45, 2.75) is 0 Å². The minimum Gasteiger partial charge on any atom is -0.208 e. The minimum absolute atomic E-state index is 0.549. The predicted octanol–water partition coefficient (Wildman–Crippen LogP) is 16.5. The van der Waals surface area contributed by atoms with Crippen molar-refractivity contribution in [3.05, 3.63) is 236 Å². The second-order valence-corrected chi connectivity index (χ2v) is 17.4. The highest BCUT2D eigenvalue weighted by Crippen LogP contribution is 2.49. The van der Waals surface area contributed by atoms with Gasteiger partial charge in [-0.1, -0.05) is 206 Å². The fourth-order valence-electron chi connectivity index (χ4n) is 10.4. The standard InChI is InChI=1S/C64H38N4/c65-39-48-21-12-27-51(43-17-10-18-44(36-43)59-38-45-16-4-5-22-49(45)52-23-6-9-26-55(52)59)60(48)46-19-11-20-47(37-46)64-67-62(41-14-2-1-3-15-41)66-63(68-64)42-32-30-40(31-33-42)50-34-35-58-54-25-8-7-24-53(54)57-29-13-28-56(50)61(57)58/h1-38H. The number of fused-ring (bicyclic) bond motifs is 6. The molecule has 0 radical (unpaired) electrons. The van der Waals surface area contributed by atoms with Gasteiger partial charge in [0, 0.05) is 22.3 Å². The van der Waals surface area contributed by atoms with Crippen LogP contribution in [-0.4, -0.2) is 15.0 Å². The molecule has 11 aromatic carbocycles. The average molecular weight is 863 g/mol. The molecule has 0 aliphatic heterocycles. The first-order valence-electron chi connectivity index (χ1n) is 22.9. The monoisotopic (exact) mass is 862 g/mol. The molecule has 0 spiro atoms. The van der Waals surface area contributed by atoms with Gasteiger partial charge in [0.05, 0.1) is 11.6 Å². The first kappa shape index (κ1) is 39.1. The number of benzene rings is 11. The van der Waals surface area contributed by atoms with E-state index < -0.39 is 0 Å². The number of hydrogen-bond acceptors (Lipinski definition) is 4. The van der Waals surface area contributed by atoms with E-state index in [1.807, 2.05) is 54.6 Å². The predicted molar refractivity (Wildman–Crippen MR) is 280 cm³/mol. The van der Waals surface area contributed by atoms with Gasteiger partial charge < -0.3 is 0 Å². The second kappa shape index (κ2) is 16.0. The van der Waals surface area contributed by atoms with Crippen LogP contribution in [0.15, 0.2) is 231 Å². The number of aromatic nitrogens is 3. The Kier molecular flexibility index (Phi) is 9.20. The summed E-state index contributed by atoms with van der Waals surface area (Å²) in [5.74, 6) is 1.72. The Morgan fingerprint density at radius 3 is 1.53 bits per heavy atom. The molecule has 0 unspecified atom stereocenters. The molecule has 0 saturated carbocycles. The average Bonchev–Trinajstić information content (AvgIpc) is 3.75. The maximum Gasteiger partial charge on any atom is 0.164 e. The summed E-state index contributed by atoms with van der Waals surface area (Å²) in [4.78, 5) is 15.3. The van der Waals surface area contributed by atoms with Gasteiger partial charge in [-0.15, -0.1) is 0 Å². The van der Waals surface area contributed by atoms with Crippen molar-refractivity contribution >= 4 is 32.3 Å². The zero-order valence-electron chi connectivity index (χ0n) is 36.7. The smallest absolute Gasteiger partial charge is 0.164 e. The Hall–Kier alpha value is -9.30. The summed E-state index contributed by atoms with van der Waals surface area (Å²) in [6.07, 6.45) is 0. The lowest BCUT2D eigenvalue weighted by atomic mass is 9.88. The van der Waals surface area contributed by atoms with E-state index in [0.29, 0.717) is 23.0 Å². The maximum atomic E-state index is 10.6. The maximum absolute atomic E-state index is 10.6. The van der Waals surface area contributed by atoms with Crippen molar-refractivity contribution in [3.8, 4) is 107 Å². The van der Waals surface area contributed by atoms with Crippen LogP contribution in [0.4, 0.5) is 0 Å². The molecule has 314 valence electrons. The van der Waals surface area contributed by atoms with E-state index in [9.17, 15) is 5.26 Å². The molecule has 0 saturated heterocycles. The summed E-state index contributed by atoms with van der Waals surface area (Å²) >= 11 is 0. The van der Waals surface area contributed by atoms with Crippen molar-refractivity contribution in [2.24, 2.45) is 0 Å². The van der Waals surface area contributed by atoms with E-state index in [0.717, 1.165) is 50.1 Å². The second-order valence-electron chi connectivity index (χ2n) is 17.4. The molecular weight excluding hydrogens is 825 g/mol. The number of nitriles is 1. The molecular formula is C64H38N4. The van der Waals surface area contributed by atoms with Crippen LogP contribution in [-0.2, 0) is 0 Å². The highest BCUT2D eigenvalue weighted by atomic mass is 15.0. The van der Waals surface area contributed by atoms with Crippen LogP contribution in [0.25, 0.3) is 133 Å². The molecule has 0 bridgehead atoms. The van der Waals surface area contributed by atoms with E-state index in [2.05, 4.69) is 182 Å². The molecule has 12 aromatic rings. The van der Waals surface area contributed by atoms with Crippen LogP contribution >= 0.6 is 0 Å². The van der Waals surface area contributed by atoms with E-state index in [1.54, 1.807) is 0 Å². The summed E-state index contributed by atoms with van der Waals surface area (Å²) in [5.41, 5.74) is 16.7. The normalized spacial score (nSPS) is 11.5. The van der Waals surface area contributed by atoms with E-state index >= 15 is 0 Å².